The largest absolute Gasteiger partial charge is 0.361 e. The molecule has 3 aromatic rings. The van der Waals surface area contributed by atoms with Crippen molar-refractivity contribution < 1.29 is 9.18 Å². The van der Waals surface area contributed by atoms with Gasteiger partial charge in [0.05, 0.1) is 0 Å². The highest BCUT2D eigenvalue weighted by molar-refractivity contribution is 9.10. The molecule has 0 spiro atoms. The van der Waals surface area contributed by atoms with Crippen LogP contribution < -0.4 is 5.32 Å². The van der Waals surface area contributed by atoms with Crippen LogP contribution in [0.25, 0.3) is 10.9 Å². The van der Waals surface area contributed by atoms with Crippen molar-refractivity contribution in [3.05, 3.63) is 70.1 Å². The van der Waals surface area contributed by atoms with Crippen LogP contribution in [0.1, 0.15) is 15.9 Å². The lowest BCUT2D eigenvalue weighted by atomic mass is 10.1. The molecule has 0 atom stereocenters. The number of carbonyl (C=O) groups excluding carboxylic acids is 1. The topological polar surface area (TPSA) is 44.9 Å². The first-order valence-corrected chi connectivity index (χ1v) is 7.72. The number of carbonyl (C=O) groups is 1. The minimum atomic E-state index is -0.260. The number of fused-ring (bicyclic) bond motifs is 1. The van der Waals surface area contributed by atoms with Gasteiger partial charge in [0, 0.05) is 33.7 Å². The summed E-state index contributed by atoms with van der Waals surface area (Å²) in [6, 6.07) is 11.9. The first-order valence-electron chi connectivity index (χ1n) is 6.93. The minimum absolute atomic E-state index is 0.104. The molecule has 2 N–H and O–H groups in total. The van der Waals surface area contributed by atoms with Gasteiger partial charge in [0.15, 0.2) is 0 Å². The zero-order chi connectivity index (χ0) is 15.5. The van der Waals surface area contributed by atoms with Crippen LogP contribution in [0, 0.1) is 5.82 Å². The molecule has 0 saturated carbocycles. The molecule has 112 valence electrons. The SMILES string of the molecule is O=C(NCCc1c[nH]c2cc(F)ccc12)c1cccc(Br)c1. The normalized spacial score (nSPS) is 10.8. The molecule has 0 aliphatic heterocycles. The van der Waals surface area contributed by atoms with E-state index in [2.05, 4.69) is 26.2 Å². The summed E-state index contributed by atoms with van der Waals surface area (Å²) in [5.74, 6) is -0.365. The third-order valence-electron chi connectivity index (χ3n) is 3.50. The van der Waals surface area contributed by atoms with Gasteiger partial charge in [0.2, 0.25) is 0 Å². The van der Waals surface area contributed by atoms with Crippen LogP contribution in [0.3, 0.4) is 0 Å². The van der Waals surface area contributed by atoms with Crippen molar-refractivity contribution in [3.8, 4) is 0 Å². The smallest absolute Gasteiger partial charge is 0.251 e. The monoisotopic (exact) mass is 360 g/mol. The number of rotatable bonds is 4. The van der Waals surface area contributed by atoms with E-state index >= 15 is 0 Å². The summed E-state index contributed by atoms with van der Waals surface area (Å²) < 4.78 is 14.0. The predicted molar refractivity (Wildman–Crippen MR) is 88.4 cm³/mol. The van der Waals surface area contributed by atoms with E-state index in [1.807, 2.05) is 18.3 Å². The Bertz CT molecular complexity index is 828. The highest BCUT2D eigenvalue weighted by Gasteiger charge is 2.07. The van der Waals surface area contributed by atoms with Crippen molar-refractivity contribution in [3.63, 3.8) is 0 Å². The van der Waals surface area contributed by atoms with Crippen LogP contribution in [-0.2, 0) is 6.42 Å². The molecule has 5 heteroatoms. The highest BCUT2D eigenvalue weighted by Crippen LogP contribution is 2.19. The Morgan fingerprint density at radius 1 is 1.23 bits per heavy atom. The van der Waals surface area contributed by atoms with Crippen LogP contribution in [0.5, 0.6) is 0 Å². The van der Waals surface area contributed by atoms with Crippen molar-refractivity contribution in [1.29, 1.82) is 0 Å². The molecular weight excluding hydrogens is 347 g/mol. The fourth-order valence-corrected chi connectivity index (χ4v) is 2.81. The molecule has 0 unspecified atom stereocenters. The van der Waals surface area contributed by atoms with Gasteiger partial charge in [-0.2, -0.15) is 0 Å². The molecule has 0 radical (unpaired) electrons. The van der Waals surface area contributed by atoms with E-state index in [1.165, 1.54) is 12.1 Å². The summed E-state index contributed by atoms with van der Waals surface area (Å²) >= 11 is 3.35. The quantitative estimate of drug-likeness (QED) is 0.724. The molecule has 0 fully saturated rings. The Balaban J connectivity index is 1.64. The van der Waals surface area contributed by atoms with E-state index in [9.17, 15) is 9.18 Å². The predicted octanol–water partition coefficient (Wildman–Crippen LogP) is 4.04. The van der Waals surface area contributed by atoms with Gasteiger partial charge in [-0.25, -0.2) is 4.39 Å². The fraction of sp³-hybridized carbons (Fsp3) is 0.118. The lowest BCUT2D eigenvalue weighted by Crippen LogP contribution is -2.25. The Labute approximate surface area is 135 Å². The summed E-state index contributed by atoms with van der Waals surface area (Å²) in [7, 11) is 0. The van der Waals surface area contributed by atoms with Gasteiger partial charge in [0.25, 0.3) is 5.91 Å². The Morgan fingerprint density at radius 3 is 2.91 bits per heavy atom. The molecule has 22 heavy (non-hydrogen) atoms. The molecule has 3 rings (SSSR count). The maximum Gasteiger partial charge on any atom is 0.251 e. The standard InChI is InChI=1S/C17H14BrFN2O/c18-13-3-1-2-11(8-13)17(22)20-7-6-12-10-21-16-9-14(19)4-5-15(12)16/h1-5,8-10,21H,6-7H2,(H,20,22). The number of aromatic nitrogens is 1. The highest BCUT2D eigenvalue weighted by atomic mass is 79.9. The van der Waals surface area contributed by atoms with E-state index in [0.29, 0.717) is 18.5 Å². The average Bonchev–Trinajstić information content (AvgIpc) is 2.89. The van der Waals surface area contributed by atoms with E-state index in [0.717, 1.165) is 20.9 Å². The molecule has 1 heterocycles. The van der Waals surface area contributed by atoms with Crippen LogP contribution in [0.15, 0.2) is 53.1 Å². The molecule has 0 saturated heterocycles. The number of halogens is 2. The van der Waals surface area contributed by atoms with Crippen molar-refractivity contribution in [2.24, 2.45) is 0 Å². The average molecular weight is 361 g/mol. The summed E-state index contributed by atoms with van der Waals surface area (Å²) in [6.45, 7) is 0.523. The first kappa shape index (κ1) is 14.8. The number of benzene rings is 2. The number of hydrogen-bond donors (Lipinski definition) is 2. The van der Waals surface area contributed by atoms with Crippen LogP contribution in [0.4, 0.5) is 4.39 Å². The van der Waals surface area contributed by atoms with Gasteiger partial charge in [0.1, 0.15) is 5.82 Å². The lowest BCUT2D eigenvalue weighted by molar-refractivity contribution is 0.0954. The third-order valence-corrected chi connectivity index (χ3v) is 3.99. The van der Waals surface area contributed by atoms with E-state index in [-0.39, 0.29) is 11.7 Å². The second-order valence-corrected chi connectivity index (χ2v) is 5.94. The zero-order valence-electron chi connectivity index (χ0n) is 11.7. The van der Waals surface area contributed by atoms with Crippen LogP contribution in [-0.4, -0.2) is 17.4 Å². The zero-order valence-corrected chi connectivity index (χ0v) is 13.3. The van der Waals surface area contributed by atoms with Gasteiger partial charge in [-0.1, -0.05) is 22.0 Å². The molecule has 0 aliphatic rings. The molecule has 3 nitrogen and oxygen atoms in total. The summed E-state index contributed by atoms with van der Waals surface area (Å²) in [4.78, 5) is 15.1. The van der Waals surface area contributed by atoms with E-state index < -0.39 is 0 Å². The van der Waals surface area contributed by atoms with E-state index in [4.69, 9.17) is 0 Å². The number of hydrogen-bond acceptors (Lipinski definition) is 1. The van der Waals surface area contributed by atoms with Crippen molar-refractivity contribution in [2.45, 2.75) is 6.42 Å². The molecule has 0 bridgehead atoms. The second kappa shape index (κ2) is 6.32. The van der Waals surface area contributed by atoms with Gasteiger partial charge in [-0.15, -0.1) is 0 Å². The van der Waals surface area contributed by atoms with Crippen molar-refractivity contribution in [2.75, 3.05) is 6.54 Å². The van der Waals surface area contributed by atoms with Gasteiger partial charge < -0.3 is 10.3 Å². The van der Waals surface area contributed by atoms with Gasteiger partial charge >= 0.3 is 0 Å². The minimum Gasteiger partial charge on any atom is -0.361 e. The van der Waals surface area contributed by atoms with Crippen molar-refractivity contribution in [1.82, 2.24) is 10.3 Å². The number of aromatic amines is 1. The summed E-state index contributed by atoms with van der Waals surface area (Å²) in [5.41, 5.74) is 2.45. The third kappa shape index (κ3) is 3.20. The molecular formula is C17H14BrFN2O. The van der Waals surface area contributed by atoms with Crippen LogP contribution in [0.2, 0.25) is 0 Å². The second-order valence-electron chi connectivity index (χ2n) is 5.02. The first-order chi connectivity index (χ1) is 10.6. The maximum atomic E-state index is 13.1. The molecule has 2 aromatic carbocycles. The number of H-pyrrole nitrogens is 1. The summed E-state index contributed by atoms with van der Waals surface area (Å²) in [6.07, 6.45) is 2.54. The Morgan fingerprint density at radius 2 is 2.09 bits per heavy atom. The maximum absolute atomic E-state index is 13.1. The molecule has 0 aliphatic carbocycles. The Hall–Kier alpha value is -2.14. The van der Waals surface area contributed by atoms with Gasteiger partial charge in [-0.05, 0) is 48.4 Å². The van der Waals surface area contributed by atoms with Gasteiger partial charge in [-0.3, -0.25) is 4.79 Å². The molecule has 1 amide bonds. The number of nitrogens with one attached hydrogen (secondary N) is 2. The van der Waals surface area contributed by atoms with Crippen molar-refractivity contribution >= 4 is 32.7 Å². The molecule has 1 aromatic heterocycles. The summed E-state index contributed by atoms with van der Waals surface area (Å²) in [5, 5.41) is 3.88. The lowest BCUT2D eigenvalue weighted by Gasteiger charge is -2.05. The fourth-order valence-electron chi connectivity index (χ4n) is 2.41. The van der Waals surface area contributed by atoms with E-state index in [1.54, 1.807) is 18.2 Å². The van der Waals surface area contributed by atoms with Crippen LogP contribution >= 0.6 is 15.9 Å². The Kier molecular flexibility index (Phi) is 4.24. The number of amides is 1.